The van der Waals surface area contributed by atoms with Crippen molar-refractivity contribution in [1.29, 1.82) is 0 Å². The van der Waals surface area contributed by atoms with Crippen molar-refractivity contribution in [2.75, 3.05) is 13.1 Å². The monoisotopic (exact) mass is 235 g/mol. The Labute approximate surface area is 105 Å². The first-order valence-corrected chi connectivity index (χ1v) is 6.52. The van der Waals surface area contributed by atoms with E-state index in [0.717, 1.165) is 19.5 Å². The number of benzene rings is 1. The van der Waals surface area contributed by atoms with Crippen LogP contribution in [0.5, 0.6) is 0 Å². The number of hydrogen-bond donors (Lipinski definition) is 1. The molecule has 0 saturated carbocycles. The lowest BCUT2D eigenvalue weighted by atomic mass is 10.0. The van der Waals surface area contributed by atoms with E-state index in [4.69, 9.17) is 4.74 Å². The van der Waals surface area contributed by atoms with Crippen molar-refractivity contribution < 1.29 is 4.74 Å². The summed E-state index contributed by atoms with van der Waals surface area (Å²) >= 11 is 0. The maximum Gasteiger partial charge on any atom is 0.0956 e. The molecule has 2 nitrogen and oxygen atoms in total. The quantitative estimate of drug-likeness (QED) is 0.780. The fourth-order valence-corrected chi connectivity index (χ4v) is 1.64. The van der Waals surface area contributed by atoms with E-state index in [9.17, 15) is 0 Å². The minimum atomic E-state index is -0.0735. The molecule has 1 aromatic rings. The summed E-state index contributed by atoms with van der Waals surface area (Å²) in [6.07, 6.45) is 1.15. The Balaban J connectivity index is 2.74. The van der Waals surface area contributed by atoms with Crippen molar-refractivity contribution in [1.82, 2.24) is 5.32 Å². The van der Waals surface area contributed by atoms with E-state index in [0.29, 0.717) is 0 Å². The molecular weight excluding hydrogens is 210 g/mol. The number of hydrogen-bond acceptors (Lipinski definition) is 2. The van der Waals surface area contributed by atoms with Crippen LogP contribution in [0.2, 0.25) is 0 Å². The highest BCUT2D eigenvalue weighted by molar-refractivity contribution is 5.18. The van der Waals surface area contributed by atoms with Crippen molar-refractivity contribution >= 4 is 0 Å². The lowest BCUT2D eigenvalue weighted by molar-refractivity contribution is -0.0742. The minimum Gasteiger partial charge on any atom is -0.366 e. The van der Waals surface area contributed by atoms with Crippen LogP contribution in [0.25, 0.3) is 0 Å². The number of rotatable bonds is 7. The average molecular weight is 235 g/mol. The van der Waals surface area contributed by atoms with Crippen LogP contribution in [-0.4, -0.2) is 18.7 Å². The van der Waals surface area contributed by atoms with E-state index in [2.05, 4.69) is 57.3 Å². The van der Waals surface area contributed by atoms with Gasteiger partial charge in [-0.15, -0.1) is 0 Å². The molecule has 1 rings (SSSR count). The van der Waals surface area contributed by atoms with Gasteiger partial charge in [-0.3, -0.25) is 0 Å². The third-order valence-corrected chi connectivity index (χ3v) is 3.06. The highest BCUT2D eigenvalue weighted by atomic mass is 16.5. The molecule has 0 bridgehead atoms. The van der Waals surface area contributed by atoms with Crippen LogP contribution >= 0.6 is 0 Å². The molecule has 0 fully saturated rings. The molecule has 0 aliphatic heterocycles. The Morgan fingerprint density at radius 2 is 1.82 bits per heavy atom. The molecule has 1 aromatic carbocycles. The van der Waals surface area contributed by atoms with Crippen molar-refractivity contribution in [2.45, 2.75) is 45.8 Å². The molecule has 0 aliphatic rings. The molecule has 0 heterocycles. The highest BCUT2D eigenvalue weighted by Gasteiger charge is 2.22. The smallest absolute Gasteiger partial charge is 0.0956 e. The van der Waals surface area contributed by atoms with Gasteiger partial charge in [-0.05, 0) is 32.4 Å². The fraction of sp³-hybridized carbons (Fsp3) is 0.600. The van der Waals surface area contributed by atoms with Gasteiger partial charge in [0, 0.05) is 6.54 Å². The van der Waals surface area contributed by atoms with Crippen molar-refractivity contribution in [3.63, 3.8) is 0 Å². The van der Waals surface area contributed by atoms with Gasteiger partial charge in [0.2, 0.25) is 0 Å². The minimum absolute atomic E-state index is 0.0735. The molecule has 0 saturated heterocycles. The summed E-state index contributed by atoms with van der Waals surface area (Å²) in [6, 6.07) is 10.4. The molecule has 2 heteroatoms. The average Bonchev–Trinajstić information content (AvgIpc) is 2.35. The molecule has 0 radical (unpaired) electrons. The summed E-state index contributed by atoms with van der Waals surface area (Å²) < 4.78 is 6.21. The zero-order valence-corrected chi connectivity index (χ0v) is 11.5. The predicted octanol–water partition coefficient (Wildman–Crippen LogP) is 3.54. The van der Waals surface area contributed by atoms with Crippen LogP contribution in [0.1, 0.15) is 45.8 Å². The topological polar surface area (TPSA) is 21.3 Å². The van der Waals surface area contributed by atoms with Gasteiger partial charge in [0.15, 0.2) is 0 Å². The Bertz CT molecular complexity index is 308. The molecule has 96 valence electrons. The first-order chi connectivity index (χ1) is 8.09. The van der Waals surface area contributed by atoms with E-state index >= 15 is 0 Å². The van der Waals surface area contributed by atoms with Crippen LogP contribution in [0, 0.1) is 0 Å². The maximum atomic E-state index is 6.21. The van der Waals surface area contributed by atoms with Gasteiger partial charge in [-0.2, -0.15) is 0 Å². The third-order valence-electron chi connectivity index (χ3n) is 3.06. The first-order valence-electron chi connectivity index (χ1n) is 6.52. The highest BCUT2D eigenvalue weighted by Crippen LogP contribution is 2.25. The fourth-order valence-electron chi connectivity index (χ4n) is 1.64. The Hall–Kier alpha value is -0.860. The largest absolute Gasteiger partial charge is 0.366 e. The van der Waals surface area contributed by atoms with Crippen LogP contribution in [0.15, 0.2) is 30.3 Å². The van der Waals surface area contributed by atoms with Crippen LogP contribution in [0.3, 0.4) is 0 Å². The van der Waals surface area contributed by atoms with E-state index in [1.807, 2.05) is 6.07 Å². The van der Waals surface area contributed by atoms with E-state index in [-0.39, 0.29) is 11.7 Å². The van der Waals surface area contributed by atoms with E-state index < -0.39 is 0 Å². The molecule has 0 aliphatic carbocycles. The molecule has 17 heavy (non-hydrogen) atoms. The lowest BCUT2D eigenvalue weighted by Gasteiger charge is -2.30. The summed E-state index contributed by atoms with van der Waals surface area (Å²) in [5.74, 6) is 0. The van der Waals surface area contributed by atoms with Gasteiger partial charge in [0.1, 0.15) is 0 Å². The summed E-state index contributed by atoms with van der Waals surface area (Å²) in [5, 5.41) is 3.37. The summed E-state index contributed by atoms with van der Waals surface area (Å²) in [7, 11) is 0. The normalized spacial score (nSPS) is 13.6. The molecule has 0 amide bonds. The Morgan fingerprint density at radius 3 is 2.35 bits per heavy atom. The first kappa shape index (κ1) is 14.2. The van der Waals surface area contributed by atoms with Crippen molar-refractivity contribution in [3.05, 3.63) is 35.9 Å². The van der Waals surface area contributed by atoms with Gasteiger partial charge in [0.25, 0.3) is 0 Å². The Morgan fingerprint density at radius 1 is 1.18 bits per heavy atom. The number of ether oxygens (including phenoxy) is 1. The van der Waals surface area contributed by atoms with Crippen molar-refractivity contribution in [3.8, 4) is 0 Å². The molecule has 1 unspecified atom stereocenters. The molecular formula is C15H25NO. The van der Waals surface area contributed by atoms with Crippen LogP contribution < -0.4 is 5.32 Å². The van der Waals surface area contributed by atoms with Gasteiger partial charge in [-0.25, -0.2) is 0 Å². The van der Waals surface area contributed by atoms with Gasteiger partial charge in [0.05, 0.1) is 11.7 Å². The zero-order valence-electron chi connectivity index (χ0n) is 11.5. The summed E-state index contributed by atoms with van der Waals surface area (Å²) in [4.78, 5) is 0. The molecule has 1 N–H and O–H groups in total. The summed E-state index contributed by atoms with van der Waals surface area (Å²) in [5.41, 5.74) is 1.17. The SMILES string of the molecule is CCNCC(OC(C)(C)CC)c1ccccc1. The summed E-state index contributed by atoms with van der Waals surface area (Å²) in [6.45, 7) is 10.4. The van der Waals surface area contributed by atoms with Gasteiger partial charge in [-0.1, -0.05) is 44.2 Å². The lowest BCUT2D eigenvalue weighted by Crippen LogP contribution is -2.31. The number of likely N-dealkylation sites (N-methyl/N-ethyl adjacent to an activating group) is 1. The van der Waals surface area contributed by atoms with E-state index in [1.165, 1.54) is 5.56 Å². The molecule has 1 atom stereocenters. The molecule has 0 aromatic heterocycles. The maximum absolute atomic E-state index is 6.21. The predicted molar refractivity (Wildman–Crippen MR) is 73.2 cm³/mol. The van der Waals surface area contributed by atoms with Crippen molar-refractivity contribution in [2.24, 2.45) is 0 Å². The second-order valence-corrected chi connectivity index (χ2v) is 4.94. The standard InChI is InChI=1S/C15H25NO/c1-5-15(3,4)17-14(12-16-6-2)13-10-8-7-9-11-13/h7-11,14,16H,5-6,12H2,1-4H3. The van der Waals surface area contributed by atoms with Crippen LogP contribution in [0.4, 0.5) is 0 Å². The second-order valence-electron chi connectivity index (χ2n) is 4.94. The van der Waals surface area contributed by atoms with E-state index in [1.54, 1.807) is 0 Å². The number of nitrogens with one attached hydrogen (secondary N) is 1. The Kier molecular flexibility index (Phi) is 5.66. The van der Waals surface area contributed by atoms with Gasteiger partial charge >= 0.3 is 0 Å². The van der Waals surface area contributed by atoms with Gasteiger partial charge < -0.3 is 10.1 Å². The van der Waals surface area contributed by atoms with Crippen LogP contribution in [-0.2, 0) is 4.74 Å². The second kappa shape index (κ2) is 6.77. The third kappa shape index (κ3) is 4.88. The zero-order chi connectivity index (χ0) is 12.7. The molecule has 0 spiro atoms.